The van der Waals surface area contributed by atoms with E-state index in [-0.39, 0.29) is 29.9 Å². The van der Waals surface area contributed by atoms with Gasteiger partial charge in [0.05, 0.1) is 0 Å². The lowest BCUT2D eigenvalue weighted by Crippen LogP contribution is -2.41. The number of hydrogen-bond acceptors (Lipinski definition) is 2. The lowest BCUT2D eigenvalue weighted by molar-refractivity contribution is -0.131. The topological polar surface area (TPSA) is 47.9 Å². The molecule has 28 heavy (non-hydrogen) atoms. The van der Waals surface area contributed by atoms with Crippen molar-refractivity contribution in [3.63, 3.8) is 0 Å². The quantitative estimate of drug-likeness (QED) is 0.299. The molecule has 1 N–H and O–H groups in total. The van der Waals surface area contributed by atoms with Crippen molar-refractivity contribution in [2.24, 2.45) is 10.4 Å². The van der Waals surface area contributed by atoms with Crippen molar-refractivity contribution in [1.29, 1.82) is 0 Å². The van der Waals surface area contributed by atoms with Gasteiger partial charge in [-0.1, -0.05) is 37.1 Å². The Hall–Kier alpha value is -1.31. The molecule has 0 radical (unpaired) electrons. The number of fused-ring (bicyclic) bond motifs is 1. The number of benzene rings is 1. The van der Waals surface area contributed by atoms with Crippen LogP contribution >= 0.6 is 24.0 Å². The van der Waals surface area contributed by atoms with Crippen molar-refractivity contribution >= 4 is 35.8 Å². The molecule has 4 rings (SSSR count). The third-order valence-corrected chi connectivity index (χ3v) is 6.66. The van der Waals surface area contributed by atoms with Crippen LogP contribution in [0.1, 0.15) is 56.1 Å². The zero-order valence-electron chi connectivity index (χ0n) is 17.0. The summed E-state index contributed by atoms with van der Waals surface area (Å²) in [6.45, 7) is 4.60. The van der Waals surface area contributed by atoms with Gasteiger partial charge in [-0.3, -0.25) is 9.79 Å². The molecule has 6 heteroatoms. The first-order valence-corrected chi connectivity index (χ1v) is 10.5. The van der Waals surface area contributed by atoms with Crippen molar-refractivity contribution < 1.29 is 4.79 Å². The summed E-state index contributed by atoms with van der Waals surface area (Å²) in [6.07, 6.45) is 8.30. The van der Waals surface area contributed by atoms with E-state index in [1.165, 1.54) is 43.2 Å². The Bertz CT molecular complexity index is 689. The molecule has 1 aromatic rings. The van der Waals surface area contributed by atoms with Gasteiger partial charge in [-0.15, -0.1) is 24.0 Å². The minimum absolute atomic E-state index is 0. The van der Waals surface area contributed by atoms with Crippen LogP contribution in [0.25, 0.3) is 0 Å². The molecular weight excluding hydrogens is 463 g/mol. The molecule has 1 amide bonds. The van der Waals surface area contributed by atoms with Crippen molar-refractivity contribution in [3.05, 3.63) is 35.4 Å². The first kappa shape index (κ1) is 21.4. The second-order valence-electron chi connectivity index (χ2n) is 8.47. The fraction of sp³-hybridized carbons (Fsp3) is 0.636. The van der Waals surface area contributed by atoms with Crippen LogP contribution in [0.5, 0.6) is 0 Å². The molecule has 1 spiro atoms. The minimum atomic E-state index is 0. The van der Waals surface area contributed by atoms with Crippen LogP contribution < -0.4 is 5.32 Å². The maximum absolute atomic E-state index is 12.5. The average molecular weight is 496 g/mol. The fourth-order valence-electron chi connectivity index (χ4n) is 5.09. The molecule has 5 nitrogen and oxygen atoms in total. The highest BCUT2D eigenvalue weighted by Crippen LogP contribution is 2.45. The highest BCUT2D eigenvalue weighted by atomic mass is 127. The zero-order valence-corrected chi connectivity index (χ0v) is 19.3. The Morgan fingerprint density at radius 1 is 1.11 bits per heavy atom. The minimum Gasteiger partial charge on any atom is -0.356 e. The van der Waals surface area contributed by atoms with E-state index in [0.717, 1.165) is 45.1 Å². The molecule has 2 heterocycles. The van der Waals surface area contributed by atoms with E-state index < -0.39 is 0 Å². The van der Waals surface area contributed by atoms with Gasteiger partial charge in [0.15, 0.2) is 5.96 Å². The van der Waals surface area contributed by atoms with Gasteiger partial charge in [0.25, 0.3) is 0 Å². The van der Waals surface area contributed by atoms with E-state index in [2.05, 4.69) is 39.5 Å². The average Bonchev–Trinajstić information content (AvgIpc) is 3.42. The van der Waals surface area contributed by atoms with Crippen LogP contribution in [0.2, 0.25) is 0 Å². The third-order valence-electron chi connectivity index (χ3n) is 6.66. The Morgan fingerprint density at radius 3 is 2.43 bits per heavy atom. The lowest BCUT2D eigenvalue weighted by atomic mass is 9.86. The third kappa shape index (κ3) is 4.63. The number of hydrogen-bond donors (Lipinski definition) is 1. The van der Waals surface area contributed by atoms with Crippen molar-refractivity contribution in [3.8, 4) is 0 Å². The van der Waals surface area contributed by atoms with E-state index in [9.17, 15) is 4.79 Å². The number of guanidine groups is 1. The first-order valence-electron chi connectivity index (χ1n) is 10.5. The van der Waals surface area contributed by atoms with Crippen LogP contribution in [0.3, 0.4) is 0 Å². The molecule has 154 valence electrons. The normalized spacial score (nSPS) is 20.4. The Labute approximate surface area is 186 Å². The number of halogens is 1. The highest BCUT2D eigenvalue weighted by molar-refractivity contribution is 14.0. The molecular formula is C22H33IN4O. The number of rotatable bonds is 4. The summed E-state index contributed by atoms with van der Waals surface area (Å²) >= 11 is 0. The van der Waals surface area contributed by atoms with E-state index in [1.807, 2.05) is 11.9 Å². The summed E-state index contributed by atoms with van der Waals surface area (Å²) in [5, 5.41) is 3.49. The highest BCUT2D eigenvalue weighted by Gasteiger charge is 2.41. The molecule has 1 saturated heterocycles. The van der Waals surface area contributed by atoms with Gasteiger partial charge in [-0.05, 0) is 42.2 Å². The number of likely N-dealkylation sites (tertiary alicyclic amines) is 1. The number of nitrogens with one attached hydrogen (secondary N) is 1. The molecule has 3 aliphatic rings. The lowest BCUT2D eigenvalue weighted by Gasteiger charge is -2.26. The SMILES string of the molecule is CN=C(NCCCC(=O)N1Cc2ccccc2C1)N1CCC2(CCCC2)C1.I. The number of carbonyl (C=O) groups excluding carboxylic acids is 1. The summed E-state index contributed by atoms with van der Waals surface area (Å²) < 4.78 is 0. The molecule has 0 bridgehead atoms. The van der Waals surface area contributed by atoms with Gasteiger partial charge < -0.3 is 15.1 Å². The molecule has 0 atom stereocenters. The van der Waals surface area contributed by atoms with E-state index in [1.54, 1.807) is 0 Å². The molecule has 1 aliphatic carbocycles. The van der Waals surface area contributed by atoms with Crippen LogP contribution in [0.15, 0.2) is 29.3 Å². The first-order chi connectivity index (χ1) is 13.2. The van der Waals surface area contributed by atoms with E-state index in [4.69, 9.17) is 0 Å². The van der Waals surface area contributed by atoms with Crippen molar-refractivity contribution in [2.45, 2.75) is 58.0 Å². The molecule has 0 unspecified atom stereocenters. The zero-order chi connectivity index (χ0) is 18.7. The smallest absolute Gasteiger partial charge is 0.223 e. The fourth-order valence-corrected chi connectivity index (χ4v) is 5.09. The summed E-state index contributed by atoms with van der Waals surface area (Å²) in [5.74, 6) is 1.27. The Kier molecular flexibility index (Phi) is 7.23. The molecule has 1 aromatic carbocycles. The summed E-state index contributed by atoms with van der Waals surface area (Å²) in [4.78, 5) is 21.4. The predicted octanol–water partition coefficient (Wildman–Crippen LogP) is 3.77. The van der Waals surface area contributed by atoms with E-state index in [0.29, 0.717) is 11.8 Å². The van der Waals surface area contributed by atoms with Crippen molar-refractivity contribution in [2.75, 3.05) is 26.7 Å². The summed E-state index contributed by atoms with van der Waals surface area (Å²) in [5.41, 5.74) is 3.14. The molecule has 2 aliphatic heterocycles. The van der Waals surface area contributed by atoms with Gasteiger partial charge in [-0.25, -0.2) is 0 Å². The van der Waals surface area contributed by atoms with Gasteiger partial charge in [0, 0.05) is 46.2 Å². The second-order valence-corrected chi connectivity index (χ2v) is 8.47. The largest absolute Gasteiger partial charge is 0.356 e. The van der Waals surface area contributed by atoms with E-state index >= 15 is 0 Å². The van der Waals surface area contributed by atoms with Gasteiger partial charge in [0.1, 0.15) is 0 Å². The second kappa shape index (κ2) is 9.46. The summed E-state index contributed by atoms with van der Waals surface area (Å²) in [7, 11) is 1.87. The number of carbonyl (C=O) groups is 1. The van der Waals surface area contributed by atoms with Crippen LogP contribution in [-0.4, -0.2) is 48.3 Å². The van der Waals surface area contributed by atoms with Crippen LogP contribution in [-0.2, 0) is 17.9 Å². The monoisotopic (exact) mass is 496 g/mol. The van der Waals surface area contributed by atoms with Gasteiger partial charge in [-0.2, -0.15) is 0 Å². The van der Waals surface area contributed by atoms with Gasteiger partial charge >= 0.3 is 0 Å². The molecule has 0 aromatic heterocycles. The number of nitrogens with zero attached hydrogens (tertiary/aromatic N) is 3. The Balaban J connectivity index is 0.00000225. The molecule has 1 saturated carbocycles. The van der Waals surface area contributed by atoms with Gasteiger partial charge in [0.2, 0.25) is 5.91 Å². The number of amides is 1. The van der Waals surface area contributed by atoms with Crippen LogP contribution in [0.4, 0.5) is 0 Å². The summed E-state index contributed by atoms with van der Waals surface area (Å²) in [6, 6.07) is 8.36. The maximum Gasteiger partial charge on any atom is 0.223 e. The maximum atomic E-state index is 12.5. The van der Waals surface area contributed by atoms with Crippen molar-refractivity contribution in [1.82, 2.24) is 15.1 Å². The Morgan fingerprint density at radius 2 is 1.79 bits per heavy atom. The standard InChI is InChI=1S/C22H32N4O.HI/c1-23-21(25-14-12-22(17-25)10-4-5-11-22)24-13-6-9-20(27)26-15-18-7-2-3-8-19(18)16-26;/h2-3,7-8H,4-6,9-17H2,1H3,(H,23,24);1H. The van der Waals surface area contributed by atoms with Crippen LogP contribution in [0, 0.1) is 5.41 Å². The predicted molar refractivity (Wildman–Crippen MR) is 124 cm³/mol. The molecule has 2 fully saturated rings. The number of aliphatic imine (C=N–C) groups is 1.